The number of rotatable bonds is 2. The Bertz CT molecular complexity index is 648. The van der Waals surface area contributed by atoms with Gasteiger partial charge in [0, 0.05) is 13.1 Å². The summed E-state index contributed by atoms with van der Waals surface area (Å²) in [5, 5.41) is 0. The fraction of sp³-hybridized carbons (Fsp3) is 0.312. The summed E-state index contributed by atoms with van der Waals surface area (Å²) in [6.07, 6.45) is 0. The number of amides is 2. The van der Waals surface area contributed by atoms with Gasteiger partial charge in [0.25, 0.3) is 11.8 Å². The summed E-state index contributed by atoms with van der Waals surface area (Å²) in [5.74, 6) is -0.621. The third-order valence-electron chi connectivity index (χ3n) is 3.52. The standard InChI is InChI=1S/C14H12N3O2P.C2H6/c1-15-12(9-6-16(20)7-9)8-17-13(18)10-4-2-3-5-11(10)14(17)19;1-2/h2-5H,6-8,20H2;1-2H3. The number of nitrogens with zero attached hydrogens (tertiary/aromatic N) is 3. The zero-order chi connectivity index (χ0) is 16.3. The zero-order valence-electron chi connectivity index (χ0n) is 12.7. The highest BCUT2D eigenvalue weighted by Gasteiger charge is 2.36. The molecule has 1 aromatic rings. The second kappa shape index (κ2) is 6.83. The summed E-state index contributed by atoms with van der Waals surface area (Å²) in [4.78, 5) is 29.1. The van der Waals surface area contributed by atoms with Gasteiger partial charge in [0.1, 0.15) is 0 Å². The second-order valence-corrected chi connectivity index (χ2v) is 5.54. The van der Waals surface area contributed by atoms with E-state index in [9.17, 15) is 9.59 Å². The van der Waals surface area contributed by atoms with Crippen molar-refractivity contribution in [1.29, 1.82) is 0 Å². The molecule has 1 aromatic carbocycles. The molecule has 1 saturated heterocycles. The number of fused-ring (bicyclic) bond motifs is 1. The van der Waals surface area contributed by atoms with Gasteiger partial charge in [0.15, 0.2) is 5.70 Å². The predicted octanol–water partition coefficient (Wildman–Crippen LogP) is 2.59. The van der Waals surface area contributed by atoms with Crippen LogP contribution in [0.15, 0.2) is 35.5 Å². The van der Waals surface area contributed by atoms with E-state index in [4.69, 9.17) is 6.57 Å². The molecule has 0 aromatic heterocycles. The van der Waals surface area contributed by atoms with Gasteiger partial charge in [-0.15, -0.1) is 0 Å². The van der Waals surface area contributed by atoms with Gasteiger partial charge in [-0.2, -0.15) is 0 Å². The Morgan fingerprint density at radius 2 is 1.68 bits per heavy atom. The average Bonchev–Trinajstić information content (AvgIpc) is 2.77. The highest BCUT2D eigenvalue weighted by atomic mass is 31.0. The number of hydrogen-bond donors (Lipinski definition) is 0. The maximum atomic E-state index is 12.2. The van der Waals surface area contributed by atoms with Gasteiger partial charge in [0.05, 0.1) is 24.2 Å². The third-order valence-corrected chi connectivity index (χ3v) is 3.88. The maximum Gasteiger partial charge on any atom is 0.260 e. The fourth-order valence-corrected chi connectivity index (χ4v) is 2.83. The van der Waals surface area contributed by atoms with Crippen molar-refractivity contribution in [2.75, 3.05) is 19.6 Å². The van der Waals surface area contributed by atoms with Crippen LogP contribution in [0.4, 0.5) is 0 Å². The zero-order valence-corrected chi connectivity index (χ0v) is 13.8. The molecular weight excluding hydrogens is 297 g/mol. The van der Waals surface area contributed by atoms with E-state index in [-0.39, 0.29) is 18.4 Å². The van der Waals surface area contributed by atoms with Gasteiger partial charge in [-0.1, -0.05) is 35.4 Å². The molecule has 2 aliphatic heterocycles. The van der Waals surface area contributed by atoms with E-state index in [1.54, 1.807) is 24.3 Å². The molecule has 0 saturated carbocycles. The van der Waals surface area contributed by atoms with Crippen LogP contribution in [0.25, 0.3) is 4.85 Å². The molecule has 0 radical (unpaired) electrons. The van der Waals surface area contributed by atoms with Crippen LogP contribution >= 0.6 is 9.39 Å². The molecule has 1 fully saturated rings. The number of carbonyl (C=O) groups excluding carboxylic acids is 2. The molecule has 0 aliphatic carbocycles. The van der Waals surface area contributed by atoms with Crippen molar-refractivity contribution < 1.29 is 9.59 Å². The number of carbonyl (C=O) groups is 2. The van der Waals surface area contributed by atoms with Gasteiger partial charge in [0.2, 0.25) is 0 Å². The van der Waals surface area contributed by atoms with Crippen LogP contribution in [0.3, 0.4) is 0 Å². The van der Waals surface area contributed by atoms with Crippen molar-refractivity contribution in [2.24, 2.45) is 0 Å². The largest absolute Gasteiger partial charge is 0.282 e. The van der Waals surface area contributed by atoms with E-state index >= 15 is 0 Å². The summed E-state index contributed by atoms with van der Waals surface area (Å²) in [6, 6.07) is 6.77. The van der Waals surface area contributed by atoms with Crippen LogP contribution in [0.1, 0.15) is 34.6 Å². The monoisotopic (exact) mass is 315 g/mol. The Balaban J connectivity index is 0.000000847. The molecule has 1 unspecified atom stereocenters. The van der Waals surface area contributed by atoms with Gasteiger partial charge in [-0.25, -0.2) is 4.85 Å². The minimum Gasteiger partial charge on any atom is -0.282 e. The second-order valence-electron chi connectivity index (χ2n) is 4.81. The Morgan fingerprint density at radius 3 is 2.09 bits per heavy atom. The van der Waals surface area contributed by atoms with Crippen molar-refractivity contribution in [3.63, 3.8) is 0 Å². The number of imide groups is 1. The lowest BCUT2D eigenvalue weighted by Gasteiger charge is -2.31. The van der Waals surface area contributed by atoms with Gasteiger partial charge in [-0.05, 0) is 17.7 Å². The van der Waals surface area contributed by atoms with Crippen LogP contribution < -0.4 is 0 Å². The minimum atomic E-state index is -0.311. The average molecular weight is 315 g/mol. The Hall–Kier alpha value is -2.02. The molecule has 2 heterocycles. The topological polar surface area (TPSA) is 45.0 Å². The molecule has 2 aliphatic rings. The lowest BCUT2D eigenvalue weighted by atomic mass is 10.1. The van der Waals surface area contributed by atoms with Gasteiger partial charge >= 0.3 is 0 Å². The van der Waals surface area contributed by atoms with Crippen molar-refractivity contribution in [2.45, 2.75) is 13.8 Å². The van der Waals surface area contributed by atoms with Gasteiger partial charge < -0.3 is 0 Å². The first kappa shape index (κ1) is 16.4. The van der Waals surface area contributed by atoms with Crippen molar-refractivity contribution in [3.8, 4) is 0 Å². The molecule has 0 N–H and O–H groups in total. The third kappa shape index (κ3) is 2.81. The lowest BCUT2D eigenvalue weighted by molar-refractivity contribution is 0.0668. The molecule has 0 spiro atoms. The van der Waals surface area contributed by atoms with E-state index in [1.807, 2.05) is 18.5 Å². The lowest BCUT2D eigenvalue weighted by Crippen LogP contribution is -2.36. The summed E-state index contributed by atoms with van der Waals surface area (Å²) >= 11 is 0. The Kier molecular flexibility index (Phi) is 5.07. The van der Waals surface area contributed by atoms with E-state index in [0.717, 1.165) is 10.5 Å². The Labute approximate surface area is 132 Å². The van der Waals surface area contributed by atoms with E-state index in [1.165, 1.54) is 0 Å². The molecule has 6 heteroatoms. The van der Waals surface area contributed by atoms with Crippen LogP contribution in [0.5, 0.6) is 0 Å². The molecule has 114 valence electrons. The summed E-state index contributed by atoms with van der Waals surface area (Å²) in [6.45, 7) is 12.7. The normalized spacial score (nSPS) is 16.5. The van der Waals surface area contributed by atoms with Crippen molar-refractivity contribution >= 4 is 21.2 Å². The molecule has 22 heavy (non-hydrogen) atoms. The summed E-state index contributed by atoms with van der Waals surface area (Å²) in [5.41, 5.74) is 2.34. The molecule has 2 amide bonds. The maximum absolute atomic E-state index is 12.2. The molecule has 3 rings (SSSR count). The molecular formula is C16H18N3O2P. The Morgan fingerprint density at radius 1 is 1.18 bits per heavy atom. The summed E-state index contributed by atoms with van der Waals surface area (Å²) in [7, 11) is 2.56. The number of benzene rings is 1. The first-order chi connectivity index (χ1) is 10.6. The quantitative estimate of drug-likeness (QED) is 0.479. The molecule has 1 atom stereocenters. The predicted molar refractivity (Wildman–Crippen MR) is 88.1 cm³/mol. The van der Waals surface area contributed by atoms with Crippen LogP contribution in [-0.4, -0.2) is 41.0 Å². The fourth-order valence-electron chi connectivity index (χ4n) is 2.39. The van der Waals surface area contributed by atoms with E-state index in [2.05, 4.69) is 14.2 Å². The number of hydrogen-bond acceptors (Lipinski definition) is 3. The van der Waals surface area contributed by atoms with E-state index in [0.29, 0.717) is 29.9 Å². The first-order valence-electron chi connectivity index (χ1n) is 7.15. The first-order valence-corrected chi connectivity index (χ1v) is 7.66. The highest BCUT2D eigenvalue weighted by Crippen LogP contribution is 2.27. The van der Waals surface area contributed by atoms with E-state index < -0.39 is 0 Å². The van der Waals surface area contributed by atoms with Crippen LogP contribution in [-0.2, 0) is 0 Å². The SMILES string of the molecule is CC.[C-]#[N+]C(CN1C(=O)c2ccccc2C1=O)=C1CN(P)C1. The van der Waals surface area contributed by atoms with Crippen LogP contribution in [0.2, 0.25) is 0 Å². The minimum absolute atomic E-state index is 0.0731. The summed E-state index contributed by atoms with van der Waals surface area (Å²) < 4.78 is 1.99. The van der Waals surface area contributed by atoms with Crippen molar-refractivity contribution in [3.05, 3.63) is 58.1 Å². The highest BCUT2D eigenvalue weighted by molar-refractivity contribution is 7.13. The molecule has 5 nitrogen and oxygen atoms in total. The molecule has 0 bridgehead atoms. The smallest absolute Gasteiger partial charge is 0.260 e. The van der Waals surface area contributed by atoms with Gasteiger partial charge in [-0.3, -0.25) is 19.2 Å². The van der Waals surface area contributed by atoms with Crippen LogP contribution in [0, 0.1) is 6.57 Å². The van der Waals surface area contributed by atoms with Crippen molar-refractivity contribution in [1.82, 2.24) is 9.57 Å².